The molecule has 0 aromatic heterocycles. The van der Waals surface area contributed by atoms with Gasteiger partial charge in [-0.15, -0.1) is 0 Å². The Kier molecular flexibility index (Phi) is 6.96. The standard InChI is InChI=1S/C15H22BrNO5/c1-8(2)10(7-18)17-15(19)12-9(16)6-11(20-3)13(21-4)14(12)22-5/h6,8,10,18H,7H2,1-5H3,(H,17,19)/t10-/m1/s1. The number of halogens is 1. The second-order valence-electron chi connectivity index (χ2n) is 5.01. The summed E-state index contributed by atoms with van der Waals surface area (Å²) in [5.41, 5.74) is 0.291. The molecule has 0 spiro atoms. The van der Waals surface area contributed by atoms with Gasteiger partial charge in [-0.1, -0.05) is 13.8 Å². The topological polar surface area (TPSA) is 77.0 Å². The van der Waals surface area contributed by atoms with Crippen molar-refractivity contribution in [1.29, 1.82) is 0 Å². The minimum atomic E-state index is -0.363. The zero-order valence-corrected chi connectivity index (χ0v) is 15.0. The molecule has 0 unspecified atom stereocenters. The molecule has 0 heterocycles. The van der Waals surface area contributed by atoms with E-state index in [1.54, 1.807) is 6.07 Å². The van der Waals surface area contributed by atoms with Crippen LogP contribution in [0.5, 0.6) is 17.2 Å². The van der Waals surface area contributed by atoms with Crippen LogP contribution in [0.25, 0.3) is 0 Å². The number of hydrogen-bond acceptors (Lipinski definition) is 5. The third-order valence-electron chi connectivity index (χ3n) is 3.33. The van der Waals surface area contributed by atoms with Gasteiger partial charge in [0.05, 0.1) is 39.5 Å². The summed E-state index contributed by atoms with van der Waals surface area (Å²) >= 11 is 3.35. The molecule has 22 heavy (non-hydrogen) atoms. The molecular weight excluding hydrogens is 354 g/mol. The van der Waals surface area contributed by atoms with E-state index in [1.807, 2.05) is 13.8 Å². The number of aliphatic hydroxyl groups is 1. The van der Waals surface area contributed by atoms with Crippen LogP contribution in [0, 0.1) is 5.92 Å². The van der Waals surface area contributed by atoms with Crippen LogP contribution in [-0.2, 0) is 0 Å². The summed E-state index contributed by atoms with van der Waals surface area (Å²) in [5, 5.41) is 12.2. The first-order chi connectivity index (χ1) is 10.4. The Labute approximate surface area is 138 Å². The van der Waals surface area contributed by atoms with E-state index in [0.717, 1.165) is 0 Å². The van der Waals surface area contributed by atoms with Gasteiger partial charge in [-0.2, -0.15) is 0 Å². The van der Waals surface area contributed by atoms with Crippen molar-refractivity contribution in [3.8, 4) is 17.2 Å². The second kappa shape index (κ2) is 8.24. The van der Waals surface area contributed by atoms with Gasteiger partial charge in [0, 0.05) is 4.47 Å². The van der Waals surface area contributed by atoms with Gasteiger partial charge in [-0.3, -0.25) is 4.79 Å². The van der Waals surface area contributed by atoms with Crippen LogP contribution in [-0.4, -0.2) is 45.0 Å². The minimum absolute atomic E-state index is 0.0962. The first kappa shape index (κ1) is 18.6. The normalized spacial score (nSPS) is 12.0. The van der Waals surface area contributed by atoms with Gasteiger partial charge in [0.2, 0.25) is 5.75 Å². The van der Waals surface area contributed by atoms with Gasteiger partial charge in [0.1, 0.15) is 0 Å². The number of amides is 1. The maximum atomic E-state index is 12.6. The van der Waals surface area contributed by atoms with Crippen molar-refractivity contribution in [3.63, 3.8) is 0 Å². The summed E-state index contributed by atoms with van der Waals surface area (Å²) in [5.74, 6) is 0.789. The van der Waals surface area contributed by atoms with E-state index < -0.39 is 0 Å². The van der Waals surface area contributed by atoms with E-state index in [-0.39, 0.29) is 30.2 Å². The molecule has 1 atom stereocenters. The highest BCUT2D eigenvalue weighted by Crippen LogP contribution is 2.43. The van der Waals surface area contributed by atoms with E-state index in [0.29, 0.717) is 21.5 Å². The average Bonchev–Trinajstić information content (AvgIpc) is 2.50. The summed E-state index contributed by atoms with van der Waals surface area (Å²) in [6, 6.07) is 1.29. The minimum Gasteiger partial charge on any atom is -0.493 e. The summed E-state index contributed by atoms with van der Waals surface area (Å²) in [7, 11) is 4.43. The molecule has 1 aromatic rings. The lowest BCUT2D eigenvalue weighted by Crippen LogP contribution is -2.41. The third kappa shape index (κ3) is 3.84. The Morgan fingerprint density at radius 1 is 1.23 bits per heavy atom. The molecule has 0 saturated carbocycles. The molecule has 0 radical (unpaired) electrons. The molecule has 0 saturated heterocycles. The lowest BCUT2D eigenvalue weighted by Gasteiger charge is -2.22. The SMILES string of the molecule is COc1cc(Br)c(C(=O)N[C@H](CO)C(C)C)c(OC)c1OC. The van der Waals surface area contributed by atoms with Crippen LogP contribution in [0.4, 0.5) is 0 Å². The molecule has 0 aliphatic heterocycles. The Morgan fingerprint density at radius 3 is 2.23 bits per heavy atom. The van der Waals surface area contributed by atoms with Crippen molar-refractivity contribution in [2.45, 2.75) is 19.9 Å². The Bertz CT molecular complexity index is 533. The molecule has 0 fully saturated rings. The van der Waals surface area contributed by atoms with Gasteiger partial charge in [-0.25, -0.2) is 0 Å². The average molecular weight is 376 g/mol. The first-order valence-electron chi connectivity index (χ1n) is 6.81. The van der Waals surface area contributed by atoms with Crippen molar-refractivity contribution in [3.05, 3.63) is 16.1 Å². The smallest absolute Gasteiger partial charge is 0.256 e. The van der Waals surface area contributed by atoms with E-state index in [9.17, 15) is 9.90 Å². The highest BCUT2D eigenvalue weighted by atomic mass is 79.9. The van der Waals surface area contributed by atoms with E-state index >= 15 is 0 Å². The van der Waals surface area contributed by atoms with Crippen molar-refractivity contribution >= 4 is 21.8 Å². The number of benzene rings is 1. The quantitative estimate of drug-likeness (QED) is 0.763. The molecule has 1 aromatic carbocycles. The van der Waals surface area contributed by atoms with Crippen LogP contribution in [0.15, 0.2) is 10.5 Å². The second-order valence-corrected chi connectivity index (χ2v) is 5.86. The Balaban J connectivity index is 3.31. The zero-order chi connectivity index (χ0) is 16.9. The first-order valence-corrected chi connectivity index (χ1v) is 7.60. The molecule has 6 nitrogen and oxygen atoms in total. The molecular formula is C15H22BrNO5. The fraction of sp³-hybridized carbons (Fsp3) is 0.533. The molecule has 124 valence electrons. The maximum Gasteiger partial charge on any atom is 0.256 e. The largest absolute Gasteiger partial charge is 0.493 e. The van der Waals surface area contributed by atoms with Crippen molar-refractivity contribution in [2.24, 2.45) is 5.92 Å². The number of aliphatic hydroxyl groups excluding tert-OH is 1. The molecule has 2 N–H and O–H groups in total. The molecule has 0 aliphatic carbocycles. The van der Waals surface area contributed by atoms with Gasteiger partial charge in [0.25, 0.3) is 5.91 Å². The monoisotopic (exact) mass is 375 g/mol. The van der Waals surface area contributed by atoms with Gasteiger partial charge >= 0.3 is 0 Å². The Morgan fingerprint density at radius 2 is 1.82 bits per heavy atom. The van der Waals surface area contributed by atoms with Gasteiger partial charge in [0.15, 0.2) is 11.5 Å². The van der Waals surface area contributed by atoms with Crippen LogP contribution in [0.1, 0.15) is 24.2 Å². The predicted octanol–water partition coefficient (Wildman–Crippen LogP) is 2.22. The number of carbonyl (C=O) groups excluding carboxylic acids is 1. The lowest BCUT2D eigenvalue weighted by molar-refractivity contribution is 0.0892. The van der Waals surface area contributed by atoms with E-state index in [4.69, 9.17) is 14.2 Å². The Hall–Kier alpha value is -1.47. The maximum absolute atomic E-state index is 12.6. The lowest BCUT2D eigenvalue weighted by atomic mass is 10.0. The van der Waals surface area contributed by atoms with Crippen molar-refractivity contribution in [1.82, 2.24) is 5.32 Å². The van der Waals surface area contributed by atoms with Crippen molar-refractivity contribution < 1.29 is 24.1 Å². The highest BCUT2D eigenvalue weighted by Gasteiger charge is 2.26. The molecule has 0 bridgehead atoms. The van der Waals surface area contributed by atoms with Crippen LogP contribution >= 0.6 is 15.9 Å². The van der Waals surface area contributed by atoms with Crippen LogP contribution in [0.2, 0.25) is 0 Å². The number of methoxy groups -OCH3 is 3. The van der Waals surface area contributed by atoms with Crippen LogP contribution < -0.4 is 19.5 Å². The summed E-state index contributed by atoms with van der Waals surface area (Å²) in [6.07, 6.45) is 0. The highest BCUT2D eigenvalue weighted by molar-refractivity contribution is 9.10. The number of ether oxygens (including phenoxy) is 3. The molecule has 1 amide bonds. The predicted molar refractivity (Wildman–Crippen MR) is 87.0 cm³/mol. The molecule has 0 aliphatic rings. The summed E-state index contributed by atoms with van der Waals surface area (Å²) in [6.45, 7) is 3.70. The van der Waals surface area contributed by atoms with E-state index in [2.05, 4.69) is 21.2 Å². The number of rotatable bonds is 7. The number of nitrogens with one attached hydrogen (secondary N) is 1. The third-order valence-corrected chi connectivity index (χ3v) is 3.95. The zero-order valence-electron chi connectivity index (χ0n) is 13.4. The fourth-order valence-electron chi connectivity index (χ4n) is 2.00. The van der Waals surface area contributed by atoms with Crippen molar-refractivity contribution in [2.75, 3.05) is 27.9 Å². The van der Waals surface area contributed by atoms with Gasteiger partial charge in [-0.05, 0) is 27.9 Å². The van der Waals surface area contributed by atoms with Gasteiger partial charge < -0.3 is 24.6 Å². The fourth-order valence-corrected chi connectivity index (χ4v) is 2.57. The summed E-state index contributed by atoms with van der Waals surface area (Å²) < 4.78 is 16.4. The molecule has 7 heteroatoms. The van der Waals surface area contributed by atoms with Crippen LogP contribution in [0.3, 0.4) is 0 Å². The summed E-state index contributed by atoms with van der Waals surface area (Å²) in [4.78, 5) is 12.6. The number of hydrogen-bond donors (Lipinski definition) is 2. The number of carbonyl (C=O) groups is 1. The van der Waals surface area contributed by atoms with E-state index in [1.165, 1.54) is 21.3 Å². The molecule has 1 rings (SSSR count).